The topological polar surface area (TPSA) is 67.5 Å². The number of ether oxygens (including phenoxy) is 2. The van der Waals surface area contributed by atoms with Crippen molar-refractivity contribution in [1.82, 2.24) is 15.1 Å². The van der Waals surface area contributed by atoms with Crippen LogP contribution in [-0.4, -0.2) is 34.7 Å². The van der Waals surface area contributed by atoms with Crippen LogP contribution in [0.15, 0.2) is 78.9 Å². The van der Waals surface area contributed by atoms with E-state index in [9.17, 15) is 4.79 Å². The molecule has 36 heavy (non-hydrogen) atoms. The number of unbranched alkanes of at least 4 members (excludes halogenated alkanes) is 2. The van der Waals surface area contributed by atoms with Gasteiger partial charge in [0, 0.05) is 17.7 Å². The van der Waals surface area contributed by atoms with Crippen LogP contribution in [0.2, 0.25) is 0 Å². The summed E-state index contributed by atoms with van der Waals surface area (Å²) in [5.41, 5.74) is 5.42. The first-order chi connectivity index (χ1) is 17.7. The van der Waals surface area contributed by atoms with Gasteiger partial charge in [0.05, 0.1) is 18.8 Å². The van der Waals surface area contributed by atoms with E-state index < -0.39 is 0 Å². The fourth-order valence-corrected chi connectivity index (χ4v) is 4.76. The summed E-state index contributed by atoms with van der Waals surface area (Å²) >= 11 is 0. The molecule has 0 fully saturated rings. The molecule has 3 aromatic carbocycles. The van der Waals surface area contributed by atoms with Gasteiger partial charge in [-0.15, -0.1) is 0 Å². The van der Waals surface area contributed by atoms with Crippen LogP contribution >= 0.6 is 0 Å². The summed E-state index contributed by atoms with van der Waals surface area (Å²) in [5.74, 6) is 1.58. The van der Waals surface area contributed by atoms with Crippen LogP contribution in [0, 0.1) is 0 Å². The van der Waals surface area contributed by atoms with Crippen LogP contribution in [0.4, 0.5) is 0 Å². The third-order valence-corrected chi connectivity index (χ3v) is 6.67. The maximum absolute atomic E-state index is 13.5. The van der Waals surface area contributed by atoms with Crippen LogP contribution in [0.5, 0.6) is 11.5 Å². The first-order valence-electron chi connectivity index (χ1n) is 12.5. The number of rotatable bonds is 10. The van der Waals surface area contributed by atoms with E-state index in [0.717, 1.165) is 58.7 Å². The van der Waals surface area contributed by atoms with Gasteiger partial charge in [-0.25, -0.2) is 0 Å². The fourth-order valence-electron chi connectivity index (χ4n) is 4.76. The summed E-state index contributed by atoms with van der Waals surface area (Å²) in [7, 11) is 1.65. The monoisotopic (exact) mass is 481 g/mol. The Morgan fingerprint density at radius 1 is 0.917 bits per heavy atom. The van der Waals surface area contributed by atoms with E-state index in [1.54, 1.807) is 7.11 Å². The highest BCUT2D eigenvalue weighted by Crippen LogP contribution is 2.43. The molecule has 5 rings (SSSR count). The molecular weight excluding hydrogens is 450 g/mol. The van der Waals surface area contributed by atoms with Crippen LogP contribution in [0.25, 0.3) is 11.3 Å². The zero-order chi connectivity index (χ0) is 24.9. The number of aromatic nitrogens is 2. The quantitative estimate of drug-likeness (QED) is 0.266. The second kappa shape index (κ2) is 10.7. The summed E-state index contributed by atoms with van der Waals surface area (Å²) in [4.78, 5) is 15.4. The van der Waals surface area contributed by atoms with Crippen LogP contribution in [0.1, 0.15) is 59.4 Å². The first kappa shape index (κ1) is 23.7. The zero-order valence-corrected chi connectivity index (χ0v) is 20.7. The Kier molecular flexibility index (Phi) is 7.03. The third kappa shape index (κ3) is 4.71. The number of H-pyrrole nitrogens is 1. The molecule has 0 spiro atoms. The lowest BCUT2D eigenvalue weighted by molar-refractivity contribution is 0.0740. The average molecular weight is 482 g/mol. The van der Waals surface area contributed by atoms with E-state index in [2.05, 4.69) is 29.3 Å². The molecule has 184 valence electrons. The molecule has 4 aromatic rings. The van der Waals surface area contributed by atoms with Crippen molar-refractivity contribution in [3.05, 3.63) is 101 Å². The number of carbonyl (C=O) groups excluding carboxylic acids is 1. The van der Waals surface area contributed by atoms with E-state index in [-0.39, 0.29) is 11.9 Å². The summed E-state index contributed by atoms with van der Waals surface area (Å²) in [6.45, 7) is 3.39. The Bertz CT molecular complexity index is 1300. The predicted octanol–water partition coefficient (Wildman–Crippen LogP) is 6.40. The highest BCUT2D eigenvalue weighted by atomic mass is 16.5. The van der Waals surface area contributed by atoms with Crippen molar-refractivity contribution in [3.63, 3.8) is 0 Å². The largest absolute Gasteiger partial charge is 0.497 e. The van der Waals surface area contributed by atoms with Crippen LogP contribution < -0.4 is 9.47 Å². The van der Waals surface area contributed by atoms with E-state index in [4.69, 9.17) is 9.47 Å². The molecule has 2 heterocycles. The second-order valence-corrected chi connectivity index (χ2v) is 9.04. The van der Waals surface area contributed by atoms with Crippen molar-refractivity contribution < 1.29 is 14.3 Å². The molecule has 1 unspecified atom stereocenters. The molecule has 1 amide bonds. The lowest BCUT2D eigenvalue weighted by Crippen LogP contribution is -2.30. The van der Waals surface area contributed by atoms with E-state index in [0.29, 0.717) is 18.8 Å². The van der Waals surface area contributed by atoms with Gasteiger partial charge in [0.1, 0.15) is 23.8 Å². The normalized spacial score (nSPS) is 14.7. The number of methoxy groups -OCH3 is 1. The Morgan fingerprint density at radius 2 is 1.64 bits per heavy atom. The minimum absolute atomic E-state index is 0.00256. The van der Waals surface area contributed by atoms with Gasteiger partial charge in [0.2, 0.25) is 0 Å². The first-order valence-corrected chi connectivity index (χ1v) is 12.5. The number of hydrogen-bond acceptors (Lipinski definition) is 4. The Labute approximate surface area is 211 Å². The molecule has 0 radical (unpaired) electrons. The van der Waals surface area contributed by atoms with Crippen molar-refractivity contribution >= 4 is 5.91 Å². The lowest BCUT2D eigenvalue weighted by Gasteiger charge is -2.26. The summed E-state index contributed by atoms with van der Waals surface area (Å²) in [5, 5.41) is 7.60. The van der Waals surface area contributed by atoms with Gasteiger partial charge >= 0.3 is 0 Å². The molecule has 0 bridgehead atoms. The number of amides is 1. The van der Waals surface area contributed by atoms with Gasteiger partial charge in [0.15, 0.2) is 0 Å². The molecule has 0 saturated carbocycles. The van der Waals surface area contributed by atoms with E-state index >= 15 is 0 Å². The number of fused-ring (bicyclic) bond motifs is 1. The van der Waals surface area contributed by atoms with Gasteiger partial charge in [-0.2, -0.15) is 5.10 Å². The summed E-state index contributed by atoms with van der Waals surface area (Å²) in [6.07, 6.45) is 3.15. The lowest BCUT2D eigenvalue weighted by atomic mass is 9.96. The van der Waals surface area contributed by atoms with Gasteiger partial charge in [0.25, 0.3) is 5.91 Å². The molecule has 6 nitrogen and oxygen atoms in total. The molecule has 6 heteroatoms. The molecule has 0 aliphatic carbocycles. The number of aromatic amines is 1. The Hall–Kier alpha value is -4.06. The minimum Gasteiger partial charge on any atom is -0.497 e. The van der Waals surface area contributed by atoms with Gasteiger partial charge in [-0.05, 0) is 53.9 Å². The van der Waals surface area contributed by atoms with Crippen molar-refractivity contribution in [1.29, 1.82) is 0 Å². The Balaban J connectivity index is 1.46. The molecule has 1 N–H and O–H groups in total. The predicted molar refractivity (Wildman–Crippen MR) is 140 cm³/mol. The van der Waals surface area contributed by atoms with Crippen LogP contribution in [-0.2, 0) is 6.61 Å². The molecule has 1 atom stereocenters. The Morgan fingerprint density at radius 3 is 2.33 bits per heavy atom. The van der Waals surface area contributed by atoms with Crippen molar-refractivity contribution in [2.75, 3.05) is 13.7 Å². The zero-order valence-electron chi connectivity index (χ0n) is 20.7. The number of carbonyl (C=O) groups is 1. The SMILES string of the molecule is CCCCCN1C(=O)c2[nH]nc(-c3ccc(OC)cc3)c2C1c1ccc(OCc2ccccc2)cc1. The molecule has 1 aliphatic heterocycles. The number of nitrogens with one attached hydrogen (secondary N) is 1. The van der Waals surface area contributed by atoms with E-state index in [1.165, 1.54) is 0 Å². The van der Waals surface area contributed by atoms with Gasteiger partial charge in [-0.1, -0.05) is 62.2 Å². The molecule has 1 aliphatic rings. The number of nitrogens with zero attached hydrogens (tertiary/aromatic N) is 2. The number of hydrogen-bond donors (Lipinski definition) is 1. The molecular formula is C30H31N3O3. The fraction of sp³-hybridized carbons (Fsp3) is 0.267. The highest BCUT2D eigenvalue weighted by Gasteiger charge is 2.41. The molecule has 0 saturated heterocycles. The summed E-state index contributed by atoms with van der Waals surface area (Å²) < 4.78 is 11.3. The average Bonchev–Trinajstić information content (AvgIpc) is 3.47. The maximum atomic E-state index is 13.5. The summed E-state index contributed by atoms with van der Waals surface area (Å²) in [6, 6.07) is 25.8. The number of benzene rings is 3. The van der Waals surface area contributed by atoms with Crippen molar-refractivity contribution in [2.45, 2.75) is 38.8 Å². The van der Waals surface area contributed by atoms with E-state index in [1.807, 2.05) is 71.6 Å². The second-order valence-electron chi connectivity index (χ2n) is 9.04. The van der Waals surface area contributed by atoms with Crippen molar-refractivity contribution in [3.8, 4) is 22.8 Å². The highest BCUT2D eigenvalue weighted by molar-refractivity contribution is 6.00. The van der Waals surface area contributed by atoms with Gasteiger partial charge < -0.3 is 14.4 Å². The standard InChI is InChI=1S/C30H31N3O3/c1-3-4-8-19-33-29(23-13-17-25(18-14-23)36-20-21-9-6-5-7-10-21)26-27(31-32-28(26)30(33)34)22-11-15-24(35-2)16-12-22/h5-7,9-18,29H,3-4,8,19-20H2,1-2H3,(H,31,32). The van der Waals surface area contributed by atoms with Gasteiger partial charge in [-0.3, -0.25) is 9.89 Å². The minimum atomic E-state index is -0.205. The van der Waals surface area contributed by atoms with Crippen molar-refractivity contribution in [2.24, 2.45) is 0 Å². The maximum Gasteiger partial charge on any atom is 0.273 e. The third-order valence-electron chi connectivity index (χ3n) is 6.67. The van der Waals surface area contributed by atoms with Crippen LogP contribution in [0.3, 0.4) is 0 Å². The smallest absolute Gasteiger partial charge is 0.273 e. The molecule has 1 aromatic heterocycles.